The Morgan fingerprint density at radius 1 is 0.727 bits per heavy atom. The fourth-order valence-corrected chi connectivity index (χ4v) is 4.10. The van der Waals surface area contributed by atoms with Gasteiger partial charge in [0, 0.05) is 24.8 Å². The smallest absolute Gasteiger partial charge is 0.0802 e. The molecule has 2 fully saturated rings. The summed E-state index contributed by atoms with van der Waals surface area (Å²) in [5.74, 6) is 2.30. The van der Waals surface area contributed by atoms with Crippen LogP contribution in [0.3, 0.4) is 0 Å². The predicted octanol–water partition coefficient (Wildman–Crippen LogP) is 1.61. The molecule has 0 aliphatic carbocycles. The minimum atomic E-state index is -0.394. The number of hydrogen-bond donors (Lipinski definition) is 2. The van der Waals surface area contributed by atoms with E-state index in [1.807, 2.05) is 0 Å². The average Bonchev–Trinajstić information content (AvgIpc) is 2.56. The lowest BCUT2D eigenvalue weighted by molar-refractivity contribution is 0.0578. The molecule has 4 nitrogen and oxygen atoms in total. The third kappa shape index (κ3) is 5.81. The predicted molar refractivity (Wildman–Crippen MR) is 91.8 cm³/mol. The Kier molecular flexibility index (Phi) is 8.23. The van der Waals surface area contributed by atoms with Crippen LogP contribution in [0.25, 0.3) is 0 Å². The summed E-state index contributed by atoms with van der Waals surface area (Å²) in [4.78, 5) is 4.69. The molecule has 0 aromatic rings. The number of alkyl halides is 2. The van der Waals surface area contributed by atoms with E-state index in [0.29, 0.717) is 24.8 Å². The topological polar surface area (TPSA) is 46.9 Å². The van der Waals surface area contributed by atoms with Crippen LogP contribution in [0, 0.1) is 11.8 Å². The second-order valence-electron chi connectivity index (χ2n) is 6.89. The number of rotatable bonds is 7. The van der Waals surface area contributed by atoms with Crippen LogP contribution in [0.4, 0.5) is 0 Å². The Morgan fingerprint density at radius 2 is 1.05 bits per heavy atom. The molecule has 0 bridgehead atoms. The lowest BCUT2D eigenvalue weighted by atomic mass is 9.78. The van der Waals surface area contributed by atoms with Crippen molar-refractivity contribution >= 4 is 23.2 Å². The molecule has 2 atom stereocenters. The Labute approximate surface area is 144 Å². The fraction of sp³-hybridized carbons (Fsp3) is 1.00. The monoisotopic (exact) mass is 352 g/mol. The Morgan fingerprint density at radius 3 is 1.32 bits per heavy atom. The van der Waals surface area contributed by atoms with Crippen LogP contribution in [0.15, 0.2) is 0 Å². The van der Waals surface area contributed by atoms with Crippen LogP contribution in [-0.2, 0) is 0 Å². The molecule has 2 N–H and O–H groups in total. The molecule has 0 aromatic heterocycles. The summed E-state index contributed by atoms with van der Waals surface area (Å²) >= 11 is 11.3. The first-order chi connectivity index (χ1) is 10.6. The highest BCUT2D eigenvalue weighted by Gasteiger charge is 2.30. The maximum absolute atomic E-state index is 9.64. The third-order valence-corrected chi connectivity index (χ3v) is 5.94. The van der Waals surface area contributed by atoms with Gasteiger partial charge in [-0.1, -0.05) is 0 Å². The van der Waals surface area contributed by atoms with Gasteiger partial charge in [-0.25, -0.2) is 0 Å². The maximum Gasteiger partial charge on any atom is 0.0802 e. The summed E-state index contributed by atoms with van der Waals surface area (Å²) in [5.41, 5.74) is 0. The second-order valence-corrected chi connectivity index (χ2v) is 7.51. The molecule has 22 heavy (non-hydrogen) atoms. The summed E-state index contributed by atoms with van der Waals surface area (Å²) in [6.07, 6.45) is 4.17. The molecular formula is C16H30Cl2N2O2. The molecule has 0 unspecified atom stereocenters. The van der Waals surface area contributed by atoms with Crippen molar-refractivity contribution in [3.8, 4) is 0 Å². The first-order valence-electron chi connectivity index (χ1n) is 8.55. The molecule has 0 amide bonds. The van der Waals surface area contributed by atoms with Crippen LogP contribution >= 0.6 is 23.2 Å². The van der Waals surface area contributed by atoms with Gasteiger partial charge < -0.3 is 20.0 Å². The number of hydrogen-bond acceptors (Lipinski definition) is 4. The second kappa shape index (κ2) is 9.65. The molecule has 0 saturated carbocycles. The molecule has 2 aliphatic heterocycles. The Balaban J connectivity index is 1.66. The van der Waals surface area contributed by atoms with Gasteiger partial charge in [-0.3, -0.25) is 0 Å². The van der Waals surface area contributed by atoms with Crippen molar-refractivity contribution < 1.29 is 10.2 Å². The molecule has 0 spiro atoms. The van der Waals surface area contributed by atoms with Crippen LogP contribution < -0.4 is 0 Å². The molecule has 2 rings (SSSR count). The number of halogens is 2. The van der Waals surface area contributed by atoms with E-state index in [1.54, 1.807) is 0 Å². The van der Waals surface area contributed by atoms with Crippen LogP contribution in [0.2, 0.25) is 0 Å². The lowest BCUT2D eigenvalue weighted by Crippen LogP contribution is -2.44. The molecule has 2 aliphatic rings. The first kappa shape index (κ1) is 18.8. The third-order valence-electron chi connectivity index (χ3n) is 5.23. The highest BCUT2D eigenvalue weighted by Crippen LogP contribution is 2.32. The van der Waals surface area contributed by atoms with Crippen molar-refractivity contribution in [2.24, 2.45) is 11.8 Å². The van der Waals surface area contributed by atoms with E-state index in [-0.39, 0.29) is 0 Å². The largest absolute Gasteiger partial charge is 0.391 e. The zero-order valence-electron chi connectivity index (χ0n) is 13.3. The molecule has 0 aromatic carbocycles. The molecule has 0 radical (unpaired) electrons. The SMILES string of the molecule is O[C@H](CCl)CN1CCC(C2CCN(C[C@@H](O)CCl)CC2)CC1. The van der Waals surface area contributed by atoms with Gasteiger partial charge in [0.25, 0.3) is 0 Å². The number of nitrogens with zero attached hydrogens (tertiary/aromatic N) is 2. The van der Waals surface area contributed by atoms with Gasteiger partial charge >= 0.3 is 0 Å². The Hall–Kier alpha value is 0.420. The van der Waals surface area contributed by atoms with Gasteiger partial charge in [-0.2, -0.15) is 0 Å². The van der Waals surface area contributed by atoms with Gasteiger partial charge in [0.15, 0.2) is 0 Å². The van der Waals surface area contributed by atoms with E-state index < -0.39 is 12.2 Å². The number of aliphatic hydroxyl groups is 2. The first-order valence-corrected chi connectivity index (χ1v) is 9.62. The van der Waals surface area contributed by atoms with Crippen molar-refractivity contribution in [1.29, 1.82) is 0 Å². The number of aliphatic hydroxyl groups excluding tert-OH is 2. The minimum Gasteiger partial charge on any atom is -0.391 e. The minimum absolute atomic E-state index is 0.326. The van der Waals surface area contributed by atoms with Crippen molar-refractivity contribution in [2.45, 2.75) is 37.9 Å². The molecule has 6 heteroatoms. The van der Waals surface area contributed by atoms with Gasteiger partial charge in [-0.05, 0) is 63.7 Å². The summed E-state index contributed by atoms with van der Waals surface area (Å²) < 4.78 is 0. The number of likely N-dealkylation sites (tertiary alicyclic amines) is 2. The Bertz CT molecular complexity index is 277. The summed E-state index contributed by atoms with van der Waals surface area (Å²) in [6.45, 7) is 5.77. The van der Waals surface area contributed by atoms with Gasteiger partial charge in [-0.15, -0.1) is 23.2 Å². The molecule has 2 saturated heterocycles. The van der Waals surface area contributed by atoms with E-state index in [9.17, 15) is 10.2 Å². The van der Waals surface area contributed by atoms with Crippen LogP contribution in [0.5, 0.6) is 0 Å². The zero-order valence-corrected chi connectivity index (χ0v) is 14.9. The van der Waals surface area contributed by atoms with Crippen LogP contribution in [0.1, 0.15) is 25.7 Å². The number of β-amino-alcohol motifs (C(OH)–C–C–N with tert-alkyl or cyclic N) is 2. The van der Waals surface area contributed by atoms with E-state index in [1.165, 1.54) is 25.7 Å². The highest BCUT2D eigenvalue weighted by molar-refractivity contribution is 6.18. The zero-order chi connectivity index (χ0) is 15.9. The normalized spacial score (nSPS) is 26.2. The fourth-order valence-electron chi connectivity index (χ4n) is 3.91. The standard InChI is InChI=1S/C16H30Cl2N2O2/c17-9-15(21)11-19-5-1-13(2-6-19)14-3-7-20(8-4-14)12-16(22)10-18/h13-16,21-22H,1-12H2/t15-,16+. The van der Waals surface area contributed by atoms with E-state index in [4.69, 9.17) is 23.2 Å². The lowest BCUT2D eigenvalue weighted by Gasteiger charge is -2.40. The summed E-state index contributed by atoms with van der Waals surface area (Å²) in [7, 11) is 0. The molecule has 130 valence electrons. The van der Waals surface area contributed by atoms with Gasteiger partial charge in [0.2, 0.25) is 0 Å². The summed E-state index contributed by atoms with van der Waals surface area (Å²) in [6, 6.07) is 0. The van der Waals surface area contributed by atoms with Crippen molar-refractivity contribution in [3.05, 3.63) is 0 Å². The van der Waals surface area contributed by atoms with E-state index in [0.717, 1.165) is 38.0 Å². The quantitative estimate of drug-likeness (QED) is 0.683. The highest BCUT2D eigenvalue weighted by atomic mass is 35.5. The van der Waals surface area contributed by atoms with Crippen molar-refractivity contribution in [1.82, 2.24) is 9.80 Å². The maximum atomic E-state index is 9.64. The number of piperidine rings is 2. The van der Waals surface area contributed by atoms with Crippen LogP contribution in [-0.4, -0.2) is 83.2 Å². The van der Waals surface area contributed by atoms with E-state index in [2.05, 4.69) is 9.80 Å². The molecular weight excluding hydrogens is 323 g/mol. The van der Waals surface area contributed by atoms with Crippen molar-refractivity contribution in [2.75, 3.05) is 51.0 Å². The molecule has 2 heterocycles. The van der Waals surface area contributed by atoms with Gasteiger partial charge in [0.1, 0.15) is 0 Å². The summed E-state index contributed by atoms with van der Waals surface area (Å²) in [5, 5.41) is 19.3. The van der Waals surface area contributed by atoms with E-state index >= 15 is 0 Å². The average molecular weight is 353 g/mol. The van der Waals surface area contributed by atoms with Crippen molar-refractivity contribution in [3.63, 3.8) is 0 Å². The van der Waals surface area contributed by atoms with Gasteiger partial charge in [0.05, 0.1) is 12.2 Å².